The van der Waals surface area contributed by atoms with Gasteiger partial charge in [-0.15, -0.1) is 0 Å². The monoisotopic (exact) mass is 446 g/mol. The molecule has 0 aliphatic carbocycles. The van der Waals surface area contributed by atoms with E-state index in [4.69, 9.17) is 14.4 Å². The molecule has 0 unspecified atom stereocenters. The summed E-state index contributed by atoms with van der Waals surface area (Å²) in [7, 11) is 0. The third-order valence-electron chi connectivity index (χ3n) is 5.51. The van der Waals surface area contributed by atoms with Crippen molar-refractivity contribution in [1.82, 2.24) is 20.2 Å². The van der Waals surface area contributed by atoms with Gasteiger partial charge in [-0.05, 0) is 48.5 Å². The van der Waals surface area contributed by atoms with Crippen LogP contribution in [0.15, 0.2) is 95.9 Å². The van der Waals surface area contributed by atoms with E-state index in [-0.39, 0.29) is 5.91 Å². The molecule has 8 nitrogen and oxygen atoms in total. The molecule has 3 aromatic carbocycles. The van der Waals surface area contributed by atoms with Crippen molar-refractivity contribution >= 4 is 44.9 Å². The molecule has 0 bridgehead atoms. The maximum atomic E-state index is 12.6. The number of nitrogens with one attached hydrogen (secondary N) is 3. The minimum absolute atomic E-state index is 0.270. The Morgan fingerprint density at radius 3 is 2.74 bits per heavy atom. The van der Waals surface area contributed by atoms with Crippen LogP contribution in [0.25, 0.3) is 33.2 Å². The van der Waals surface area contributed by atoms with E-state index in [1.807, 2.05) is 66.7 Å². The second kappa shape index (κ2) is 8.18. The van der Waals surface area contributed by atoms with E-state index in [9.17, 15) is 4.79 Å². The van der Waals surface area contributed by atoms with E-state index in [1.54, 1.807) is 12.3 Å². The highest BCUT2D eigenvalue weighted by molar-refractivity contribution is 6.06. The van der Waals surface area contributed by atoms with Gasteiger partial charge in [-0.2, -0.15) is 5.10 Å². The normalized spacial score (nSPS) is 11.1. The fraction of sp³-hybridized carbons (Fsp3) is 0. The third kappa shape index (κ3) is 3.63. The Balaban J connectivity index is 1.43. The fourth-order valence-corrected chi connectivity index (χ4v) is 3.82. The second-order valence-corrected chi connectivity index (χ2v) is 7.72. The molecule has 0 saturated carbocycles. The summed E-state index contributed by atoms with van der Waals surface area (Å²) in [6.45, 7) is 0. The van der Waals surface area contributed by atoms with Crippen molar-refractivity contribution in [3.8, 4) is 11.4 Å². The van der Waals surface area contributed by atoms with Crippen LogP contribution in [0.1, 0.15) is 10.4 Å². The molecule has 6 rings (SSSR count). The van der Waals surface area contributed by atoms with Gasteiger partial charge in [-0.25, -0.2) is 9.97 Å². The number of aromatic amines is 1. The lowest BCUT2D eigenvalue weighted by Gasteiger charge is -2.13. The van der Waals surface area contributed by atoms with Crippen LogP contribution in [-0.2, 0) is 0 Å². The largest absolute Gasteiger partial charge is 0.472 e. The Labute approximate surface area is 193 Å². The number of amides is 1. The van der Waals surface area contributed by atoms with Gasteiger partial charge in [0.25, 0.3) is 5.91 Å². The van der Waals surface area contributed by atoms with Gasteiger partial charge < -0.3 is 15.1 Å². The van der Waals surface area contributed by atoms with Crippen LogP contribution in [-0.4, -0.2) is 26.1 Å². The van der Waals surface area contributed by atoms with Gasteiger partial charge >= 0.3 is 0 Å². The molecule has 1 amide bonds. The second-order valence-electron chi connectivity index (χ2n) is 7.72. The highest BCUT2D eigenvalue weighted by Gasteiger charge is 2.15. The van der Waals surface area contributed by atoms with Crippen LogP contribution in [0, 0.1) is 0 Å². The SMILES string of the molecule is O=C(Nc1ccccc1-c1nc(Nc2ccc3[nH]ncc3c2)c2ccccc2n1)c1ccoc1. The molecule has 0 atom stereocenters. The predicted molar refractivity (Wildman–Crippen MR) is 131 cm³/mol. The number of carbonyl (C=O) groups excluding carboxylic acids is 1. The van der Waals surface area contributed by atoms with Crippen molar-refractivity contribution in [2.45, 2.75) is 0 Å². The fourth-order valence-electron chi connectivity index (χ4n) is 3.82. The number of anilines is 3. The molecule has 3 aromatic heterocycles. The van der Waals surface area contributed by atoms with Gasteiger partial charge in [-0.1, -0.05) is 24.3 Å². The molecule has 0 aliphatic heterocycles. The highest BCUT2D eigenvalue weighted by Crippen LogP contribution is 2.31. The molecule has 0 aliphatic rings. The zero-order chi connectivity index (χ0) is 22.9. The van der Waals surface area contributed by atoms with Gasteiger partial charge in [0, 0.05) is 22.0 Å². The summed E-state index contributed by atoms with van der Waals surface area (Å²) in [5.41, 5.74) is 4.38. The van der Waals surface area contributed by atoms with Crippen molar-refractivity contribution in [3.63, 3.8) is 0 Å². The number of hydrogen-bond acceptors (Lipinski definition) is 6. The molecule has 3 heterocycles. The van der Waals surface area contributed by atoms with Gasteiger partial charge in [0.1, 0.15) is 12.1 Å². The van der Waals surface area contributed by atoms with E-state index >= 15 is 0 Å². The van der Waals surface area contributed by atoms with Gasteiger partial charge in [0.2, 0.25) is 0 Å². The number of H-pyrrole nitrogens is 1. The summed E-state index contributed by atoms with van der Waals surface area (Å²) in [5, 5.41) is 15.3. The number of nitrogens with zero attached hydrogens (tertiary/aromatic N) is 3. The smallest absolute Gasteiger partial charge is 0.258 e. The molecule has 0 spiro atoms. The van der Waals surface area contributed by atoms with Crippen molar-refractivity contribution in [2.24, 2.45) is 0 Å². The molecule has 6 aromatic rings. The van der Waals surface area contributed by atoms with Crippen LogP contribution in [0.2, 0.25) is 0 Å². The first-order valence-electron chi connectivity index (χ1n) is 10.6. The zero-order valence-electron chi connectivity index (χ0n) is 17.8. The highest BCUT2D eigenvalue weighted by atomic mass is 16.3. The standard InChI is InChI=1S/C26H18N6O2/c33-26(16-11-12-34-15-16)30-23-8-4-2-6-20(23)25-29-22-7-3-1-5-19(22)24(31-25)28-18-9-10-21-17(13-18)14-27-32-21/h1-15H,(H,27,32)(H,30,33)(H,28,29,31). The van der Waals surface area contributed by atoms with E-state index in [2.05, 4.69) is 20.8 Å². The lowest BCUT2D eigenvalue weighted by atomic mass is 10.1. The quantitative estimate of drug-likeness (QED) is 0.311. The number of benzene rings is 3. The van der Waals surface area contributed by atoms with Crippen LogP contribution in [0.5, 0.6) is 0 Å². The van der Waals surface area contributed by atoms with E-state index in [0.717, 1.165) is 27.5 Å². The number of para-hydroxylation sites is 2. The first-order chi connectivity index (χ1) is 16.7. The number of aromatic nitrogens is 4. The van der Waals surface area contributed by atoms with Crippen molar-refractivity contribution in [2.75, 3.05) is 10.6 Å². The molecule has 3 N–H and O–H groups in total. The third-order valence-corrected chi connectivity index (χ3v) is 5.51. The molecule has 164 valence electrons. The number of rotatable bonds is 5. The van der Waals surface area contributed by atoms with Crippen LogP contribution < -0.4 is 10.6 Å². The molecule has 0 fully saturated rings. The molecule has 34 heavy (non-hydrogen) atoms. The van der Waals surface area contributed by atoms with Crippen LogP contribution in [0.3, 0.4) is 0 Å². The Morgan fingerprint density at radius 2 is 1.82 bits per heavy atom. The maximum absolute atomic E-state index is 12.6. The Morgan fingerprint density at radius 1 is 0.941 bits per heavy atom. The summed E-state index contributed by atoms with van der Waals surface area (Å²) in [4.78, 5) is 22.3. The molecule has 8 heteroatoms. The van der Waals surface area contributed by atoms with Crippen molar-refractivity contribution < 1.29 is 9.21 Å². The summed E-state index contributed by atoms with van der Waals surface area (Å²) in [6.07, 6.45) is 4.65. The van der Waals surface area contributed by atoms with Crippen LogP contribution >= 0.6 is 0 Å². The lowest BCUT2D eigenvalue weighted by Crippen LogP contribution is -2.12. The topological polar surface area (TPSA) is 109 Å². The molecule has 0 radical (unpaired) electrons. The van der Waals surface area contributed by atoms with Crippen molar-refractivity contribution in [3.05, 3.63) is 97.1 Å². The Hall–Kier alpha value is -4.98. The average Bonchev–Trinajstić information content (AvgIpc) is 3.56. The number of hydrogen-bond donors (Lipinski definition) is 3. The number of fused-ring (bicyclic) bond motifs is 2. The average molecular weight is 446 g/mol. The zero-order valence-corrected chi connectivity index (χ0v) is 17.8. The minimum atomic E-state index is -0.270. The maximum Gasteiger partial charge on any atom is 0.258 e. The summed E-state index contributed by atoms with van der Waals surface area (Å²) in [5.74, 6) is 0.891. The van der Waals surface area contributed by atoms with E-state index < -0.39 is 0 Å². The lowest BCUT2D eigenvalue weighted by molar-refractivity contribution is 0.102. The van der Waals surface area contributed by atoms with Gasteiger partial charge in [-0.3, -0.25) is 9.89 Å². The number of carbonyl (C=O) groups is 1. The first kappa shape index (κ1) is 19.7. The Bertz CT molecular complexity index is 1640. The van der Waals surface area contributed by atoms with Gasteiger partial charge in [0.15, 0.2) is 5.82 Å². The molecular formula is C26H18N6O2. The van der Waals surface area contributed by atoms with Gasteiger partial charge in [0.05, 0.1) is 34.7 Å². The number of furan rings is 1. The van der Waals surface area contributed by atoms with E-state index in [1.165, 1.54) is 12.5 Å². The van der Waals surface area contributed by atoms with Crippen LogP contribution in [0.4, 0.5) is 17.2 Å². The Kier molecular flexibility index (Phi) is 4.73. The van der Waals surface area contributed by atoms with Crippen molar-refractivity contribution in [1.29, 1.82) is 0 Å². The summed E-state index contributed by atoms with van der Waals surface area (Å²) < 4.78 is 5.03. The summed E-state index contributed by atoms with van der Waals surface area (Å²) >= 11 is 0. The minimum Gasteiger partial charge on any atom is -0.472 e. The molecule has 0 saturated heterocycles. The predicted octanol–water partition coefficient (Wildman–Crippen LogP) is 5.76. The molecular weight excluding hydrogens is 428 g/mol. The summed E-state index contributed by atoms with van der Waals surface area (Å²) in [6, 6.07) is 22.8. The first-order valence-corrected chi connectivity index (χ1v) is 10.6. The van der Waals surface area contributed by atoms with E-state index in [0.29, 0.717) is 28.5 Å².